The highest BCUT2D eigenvalue weighted by atomic mass is 19.1. The van der Waals surface area contributed by atoms with Crippen molar-refractivity contribution in [2.75, 3.05) is 25.1 Å². The van der Waals surface area contributed by atoms with Crippen LogP contribution in [0.1, 0.15) is 12.6 Å². The van der Waals surface area contributed by atoms with Gasteiger partial charge in [0.15, 0.2) is 5.82 Å². The van der Waals surface area contributed by atoms with Gasteiger partial charge in [-0.1, -0.05) is 5.16 Å². The zero-order valence-corrected chi connectivity index (χ0v) is 14.8. The second kappa shape index (κ2) is 7.85. The van der Waals surface area contributed by atoms with Gasteiger partial charge >= 0.3 is 6.09 Å². The van der Waals surface area contributed by atoms with E-state index in [4.69, 9.17) is 4.74 Å². The van der Waals surface area contributed by atoms with Crippen molar-refractivity contribution >= 4 is 23.9 Å². The van der Waals surface area contributed by atoms with Crippen LogP contribution < -0.4 is 10.2 Å². The second-order valence-corrected chi connectivity index (χ2v) is 5.79. The molecule has 10 heteroatoms. The van der Waals surface area contributed by atoms with Gasteiger partial charge < -0.3 is 14.9 Å². The number of aromatic nitrogens is 2. The van der Waals surface area contributed by atoms with Gasteiger partial charge in [-0.05, 0) is 24.3 Å². The van der Waals surface area contributed by atoms with Gasteiger partial charge in [-0.2, -0.15) is 5.10 Å². The third kappa shape index (κ3) is 4.22. The Morgan fingerprint density at radius 3 is 3.04 bits per heavy atom. The fourth-order valence-corrected chi connectivity index (χ4v) is 2.59. The quantitative estimate of drug-likeness (QED) is 0.609. The zero-order valence-electron chi connectivity index (χ0n) is 14.8. The van der Waals surface area contributed by atoms with E-state index in [1.807, 2.05) is 0 Å². The van der Waals surface area contributed by atoms with Crippen LogP contribution in [-0.4, -0.2) is 54.3 Å². The van der Waals surface area contributed by atoms with Crippen LogP contribution in [0.3, 0.4) is 0 Å². The van der Waals surface area contributed by atoms with Crippen molar-refractivity contribution < 1.29 is 23.6 Å². The molecule has 2 amide bonds. The summed E-state index contributed by atoms with van der Waals surface area (Å²) in [5.41, 5.74) is 1.09. The maximum Gasteiger partial charge on any atom is 0.414 e. The molecule has 0 bridgehead atoms. The summed E-state index contributed by atoms with van der Waals surface area (Å²) < 4.78 is 21.1. The Kier molecular flexibility index (Phi) is 5.34. The lowest BCUT2D eigenvalue weighted by atomic mass is 10.2. The molecule has 1 aliphatic rings. The van der Waals surface area contributed by atoms with Crippen LogP contribution in [0.2, 0.25) is 0 Å². The number of oxime groups is 1. The number of benzene rings is 1. The number of hydrogen-bond donors (Lipinski definition) is 1. The van der Waals surface area contributed by atoms with Gasteiger partial charge in [-0.25, -0.2) is 13.9 Å². The van der Waals surface area contributed by atoms with E-state index in [9.17, 15) is 14.0 Å². The molecular formula is C17H18FN5O4. The highest BCUT2D eigenvalue weighted by Gasteiger charge is 2.32. The van der Waals surface area contributed by atoms with Crippen molar-refractivity contribution in [1.29, 1.82) is 0 Å². The van der Waals surface area contributed by atoms with E-state index in [2.05, 4.69) is 20.4 Å². The first-order valence-corrected chi connectivity index (χ1v) is 8.12. The lowest BCUT2D eigenvalue weighted by Gasteiger charge is -2.14. The van der Waals surface area contributed by atoms with E-state index in [-0.39, 0.29) is 24.7 Å². The number of hydrogen-bond acceptors (Lipinski definition) is 6. The molecule has 1 aliphatic heterocycles. The molecule has 0 unspecified atom stereocenters. The summed E-state index contributed by atoms with van der Waals surface area (Å²) in [5.74, 6) is -0.766. The fourth-order valence-electron chi connectivity index (χ4n) is 2.59. The Hall–Kier alpha value is -3.43. The largest absolute Gasteiger partial charge is 0.442 e. The summed E-state index contributed by atoms with van der Waals surface area (Å²) in [4.78, 5) is 28.9. The Morgan fingerprint density at radius 1 is 1.52 bits per heavy atom. The lowest BCUT2D eigenvalue weighted by Crippen LogP contribution is -2.33. The first-order chi connectivity index (χ1) is 13.0. The molecule has 1 aromatic heterocycles. The smallest absolute Gasteiger partial charge is 0.414 e. The zero-order chi connectivity index (χ0) is 19.4. The third-order valence-electron chi connectivity index (χ3n) is 3.84. The number of cyclic esters (lactones) is 1. The Morgan fingerprint density at radius 2 is 2.33 bits per heavy atom. The number of amides is 2. The lowest BCUT2D eigenvalue weighted by molar-refractivity contribution is -0.119. The number of carbonyl (C=O) groups is 2. The maximum atomic E-state index is 14.6. The summed E-state index contributed by atoms with van der Waals surface area (Å²) >= 11 is 0. The van der Waals surface area contributed by atoms with E-state index < -0.39 is 18.0 Å². The summed E-state index contributed by atoms with van der Waals surface area (Å²) in [5, 5.41) is 10.4. The molecule has 27 heavy (non-hydrogen) atoms. The molecule has 1 aromatic carbocycles. The highest BCUT2D eigenvalue weighted by molar-refractivity contribution is 5.90. The van der Waals surface area contributed by atoms with Gasteiger partial charge in [-0.15, -0.1) is 0 Å². The number of ether oxygens (including phenoxy) is 1. The molecule has 0 aliphatic carbocycles. The van der Waals surface area contributed by atoms with E-state index in [0.29, 0.717) is 11.4 Å². The van der Waals surface area contributed by atoms with Gasteiger partial charge in [0.2, 0.25) is 5.91 Å². The number of halogens is 1. The average Bonchev–Trinajstić information content (AvgIpc) is 3.24. The molecule has 2 heterocycles. The number of rotatable bonds is 6. The Bertz CT molecular complexity index is 882. The van der Waals surface area contributed by atoms with E-state index in [1.165, 1.54) is 42.0 Å². The topological polar surface area (TPSA) is 98.0 Å². The summed E-state index contributed by atoms with van der Waals surface area (Å²) in [6, 6.07) is 6.01. The third-order valence-corrected chi connectivity index (χ3v) is 3.84. The first kappa shape index (κ1) is 18.4. The standard InChI is InChI=1S/C17H18FN5O4/c1-11(24)19-9-14-10-22(17(25)27-14)13-3-4-16(15(18)7-13)23-6-5-12(21-23)8-20-26-2/h3-8,14H,9-10H2,1-2H3,(H,19,24)/b20-8+/t14-/m0/s1. The highest BCUT2D eigenvalue weighted by Crippen LogP contribution is 2.25. The molecule has 2 aromatic rings. The van der Waals surface area contributed by atoms with Crippen molar-refractivity contribution in [2.24, 2.45) is 5.16 Å². The van der Waals surface area contributed by atoms with Crippen LogP contribution in [0, 0.1) is 5.82 Å². The Labute approximate surface area is 154 Å². The molecule has 1 saturated heterocycles. The van der Waals surface area contributed by atoms with Gasteiger partial charge in [0, 0.05) is 13.1 Å². The van der Waals surface area contributed by atoms with Crippen molar-refractivity contribution in [2.45, 2.75) is 13.0 Å². The fraction of sp³-hybridized carbons (Fsp3) is 0.294. The SMILES string of the molecule is CO/N=C/c1ccn(-c2ccc(N3C[C@H](CNC(C)=O)OC3=O)cc2F)n1. The first-order valence-electron chi connectivity index (χ1n) is 8.12. The molecule has 1 N–H and O–H groups in total. The van der Waals surface area contributed by atoms with Gasteiger partial charge in [0.25, 0.3) is 0 Å². The molecule has 142 valence electrons. The van der Waals surface area contributed by atoms with Crippen LogP contribution in [0.5, 0.6) is 0 Å². The molecular weight excluding hydrogens is 357 g/mol. The Balaban J connectivity index is 1.75. The van der Waals surface area contributed by atoms with Crippen molar-refractivity contribution in [3.8, 4) is 5.69 Å². The van der Waals surface area contributed by atoms with Crippen LogP contribution in [0.4, 0.5) is 14.9 Å². The molecule has 0 radical (unpaired) electrons. The summed E-state index contributed by atoms with van der Waals surface area (Å²) in [7, 11) is 1.41. The summed E-state index contributed by atoms with van der Waals surface area (Å²) in [6.07, 6.45) is 1.91. The van der Waals surface area contributed by atoms with Crippen LogP contribution in [0.15, 0.2) is 35.6 Å². The summed E-state index contributed by atoms with van der Waals surface area (Å²) in [6.45, 7) is 1.80. The average molecular weight is 375 g/mol. The predicted octanol–water partition coefficient (Wildman–Crippen LogP) is 1.45. The van der Waals surface area contributed by atoms with Crippen molar-refractivity contribution in [3.05, 3.63) is 42.0 Å². The van der Waals surface area contributed by atoms with E-state index >= 15 is 0 Å². The molecule has 1 fully saturated rings. The van der Waals surface area contributed by atoms with Gasteiger partial charge in [0.05, 0.1) is 25.0 Å². The second-order valence-electron chi connectivity index (χ2n) is 5.79. The normalized spacial score (nSPS) is 16.6. The van der Waals surface area contributed by atoms with Crippen molar-refractivity contribution in [1.82, 2.24) is 15.1 Å². The minimum Gasteiger partial charge on any atom is -0.442 e. The van der Waals surface area contributed by atoms with Gasteiger partial charge in [-0.3, -0.25) is 9.69 Å². The minimum absolute atomic E-state index is 0.206. The predicted molar refractivity (Wildman–Crippen MR) is 94.4 cm³/mol. The van der Waals surface area contributed by atoms with E-state index in [1.54, 1.807) is 18.3 Å². The molecule has 9 nitrogen and oxygen atoms in total. The number of anilines is 1. The van der Waals surface area contributed by atoms with Gasteiger partial charge in [0.1, 0.15) is 24.6 Å². The van der Waals surface area contributed by atoms with Crippen LogP contribution in [-0.2, 0) is 14.4 Å². The minimum atomic E-state index is -0.588. The number of carbonyl (C=O) groups excluding carboxylic acids is 2. The maximum absolute atomic E-state index is 14.6. The number of nitrogens with zero attached hydrogens (tertiary/aromatic N) is 4. The van der Waals surface area contributed by atoms with Crippen LogP contribution in [0.25, 0.3) is 5.69 Å². The molecule has 0 spiro atoms. The van der Waals surface area contributed by atoms with Crippen molar-refractivity contribution in [3.63, 3.8) is 0 Å². The molecule has 1 atom stereocenters. The molecule has 0 saturated carbocycles. The monoisotopic (exact) mass is 375 g/mol. The molecule has 3 rings (SSSR count). The van der Waals surface area contributed by atoms with Crippen LogP contribution >= 0.6 is 0 Å². The number of nitrogens with one attached hydrogen (secondary N) is 1. The van der Waals surface area contributed by atoms with E-state index in [0.717, 1.165) is 0 Å².